The molecule has 108 valence electrons. The summed E-state index contributed by atoms with van der Waals surface area (Å²) in [5.74, 6) is -0.138. The summed E-state index contributed by atoms with van der Waals surface area (Å²) < 4.78 is 0. The molecule has 0 aliphatic carbocycles. The third-order valence-corrected chi connectivity index (χ3v) is 3.67. The molecule has 1 N–H and O–H groups in total. The highest BCUT2D eigenvalue weighted by Crippen LogP contribution is 2.22. The second kappa shape index (κ2) is 6.99. The van der Waals surface area contributed by atoms with Crippen molar-refractivity contribution in [3.8, 4) is 0 Å². The highest BCUT2D eigenvalue weighted by Gasteiger charge is 2.17. The summed E-state index contributed by atoms with van der Waals surface area (Å²) in [6.07, 6.45) is 3.30. The van der Waals surface area contributed by atoms with E-state index in [1.807, 2.05) is 6.92 Å². The van der Waals surface area contributed by atoms with Gasteiger partial charge >= 0.3 is 0 Å². The van der Waals surface area contributed by atoms with Crippen molar-refractivity contribution in [1.29, 1.82) is 0 Å². The third kappa shape index (κ3) is 4.39. The molecule has 0 bridgehead atoms. The number of thioether (sulfide) groups is 1. The number of ketones is 1. The average molecular weight is 301 g/mol. The lowest BCUT2D eigenvalue weighted by Crippen LogP contribution is -2.14. The Kier molecular flexibility index (Phi) is 5.05. The van der Waals surface area contributed by atoms with E-state index in [0.717, 1.165) is 0 Å². The van der Waals surface area contributed by atoms with E-state index in [4.69, 9.17) is 0 Å². The van der Waals surface area contributed by atoms with Gasteiger partial charge in [0.15, 0.2) is 10.9 Å². The van der Waals surface area contributed by atoms with Crippen molar-refractivity contribution in [1.82, 2.24) is 9.97 Å². The number of nitrogens with one attached hydrogen (secondary N) is 1. The molecule has 0 aliphatic heterocycles. The molecule has 0 saturated heterocycles. The largest absolute Gasteiger partial charge is 0.326 e. The van der Waals surface area contributed by atoms with Crippen molar-refractivity contribution in [2.75, 3.05) is 5.32 Å². The van der Waals surface area contributed by atoms with Crippen LogP contribution >= 0.6 is 11.8 Å². The van der Waals surface area contributed by atoms with Crippen molar-refractivity contribution in [3.63, 3.8) is 0 Å². The van der Waals surface area contributed by atoms with Crippen LogP contribution in [-0.2, 0) is 4.79 Å². The van der Waals surface area contributed by atoms with Crippen LogP contribution in [0.15, 0.2) is 47.9 Å². The molecule has 0 unspecified atom stereocenters. The Hall–Kier alpha value is -2.21. The van der Waals surface area contributed by atoms with Crippen LogP contribution in [0.3, 0.4) is 0 Å². The normalized spacial score (nSPS) is 11.7. The van der Waals surface area contributed by atoms with E-state index in [9.17, 15) is 9.59 Å². The predicted octanol–water partition coefficient (Wildman–Crippen LogP) is 2.80. The Labute approximate surface area is 127 Å². The maximum atomic E-state index is 12.3. The van der Waals surface area contributed by atoms with E-state index in [1.54, 1.807) is 42.7 Å². The van der Waals surface area contributed by atoms with E-state index in [0.29, 0.717) is 16.4 Å². The number of aromatic nitrogens is 2. The predicted molar refractivity (Wildman–Crippen MR) is 82.4 cm³/mol. The fourth-order valence-corrected chi connectivity index (χ4v) is 2.52. The lowest BCUT2D eigenvalue weighted by atomic mass is 10.1. The van der Waals surface area contributed by atoms with E-state index in [2.05, 4.69) is 15.3 Å². The highest BCUT2D eigenvalue weighted by molar-refractivity contribution is 8.00. The standard InChI is InChI=1S/C15H15N3O2S/c1-10(21-15-16-8-3-9-17-15)14(20)12-4-6-13(7-5-12)18-11(2)19/h3-10H,1-2H3,(H,18,19)/t10-/m1/s1. The minimum atomic E-state index is -0.279. The third-order valence-electron chi connectivity index (χ3n) is 2.68. The van der Waals surface area contributed by atoms with E-state index >= 15 is 0 Å². The summed E-state index contributed by atoms with van der Waals surface area (Å²) >= 11 is 1.32. The molecular formula is C15H15N3O2S. The number of nitrogens with zero attached hydrogens (tertiary/aromatic N) is 2. The maximum absolute atomic E-state index is 12.3. The minimum absolute atomic E-state index is 0.00169. The molecule has 1 atom stereocenters. The van der Waals surface area contributed by atoms with Crippen molar-refractivity contribution >= 4 is 29.1 Å². The number of hydrogen-bond donors (Lipinski definition) is 1. The van der Waals surface area contributed by atoms with Crippen LogP contribution in [0, 0.1) is 0 Å². The number of anilines is 1. The highest BCUT2D eigenvalue weighted by atomic mass is 32.2. The molecule has 0 aliphatic rings. The van der Waals surface area contributed by atoms with Crippen LogP contribution in [0.25, 0.3) is 0 Å². The molecule has 0 radical (unpaired) electrons. The second-order valence-corrected chi connectivity index (χ2v) is 5.72. The molecule has 0 fully saturated rings. The Bertz CT molecular complexity index is 629. The first kappa shape index (κ1) is 15.2. The Morgan fingerprint density at radius 1 is 1.14 bits per heavy atom. The average Bonchev–Trinajstić information content (AvgIpc) is 2.47. The van der Waals surface area contributed by atoms with E-state index in [-0.39, 0.29) is 16.9 Å². The van der Waals surface area contributed by atoms with Gasteiger partial charge in [-0.05, 0) is 37.3 Å². The van der Waals surface area contributed by atoms with Crippen LogP contribution < -0.4 is 5.32 Å². The van der Waals surface area contributed by atoms with Crippen LogP contribution in [-0.4, -0.2) is 26.9 Å². The first-order valence-corrected chi connectivity index (χ1v) is 7.30. The fourth-order valence-electron chi connectivity index (χ4n) is 1.71. The zero-order chi connectivity index (χ0) is 15.2. The number of carbonyl (C=O) groups is 2. The molecule has 0 saturated carbocycles. The van der Waals surface area contributed by atoms with Crippen LogP contribution in [0.1, 0.15) is 24.2 Å². The summed E-state index contributed by atoms with van der Waals surface area (Å²) in [6.45, 7) is 3.27. The number of amides is 1. The van der Waals surface area contributed by atoms with Crippen LogP contribution in [0.2, 0.25) is 0 Å². The molecule has 1 aromatic carbocycles. The molecule has 6 heteroatoms. The first-order chi connectivity index (χ1) is 10.1. The molecule has 2 aromatic rings. The van der Waals surface area contributed by atoms with Crippen molar-refractivity contribution < 1.29 is 9.59 Å². The molecule has 1 heterocycles. The lowest BCUT2D eigenvalue weighted by Gasteiger charge is -2.09. The second-order valence-electron chi connectivity index (χ2n) is 4.41. The van der Waals surface area contributed by atoms with Gasteiger partial charge in [-0.15, -0.1) is 0 Å². The van der Waals surface area contributed by atoms with Gasteiger partial charge in [0.25, 0.3) is 0 Å². The number of rotatable bonds is 5. The van der Waals surface area contributed by atoms with Gasteiger partial charge in [-0.3, -0.25) is 9.59 Å². The Morgan fingerprint density at radius 3 is 2.33 bits per heavy atom. The molecule has 1 amide bonds. The van der Waals surface area contributed by atoms with Gasteiger partial charge in [-0.2, -0.15) is 0 Å². The molecular weight excluding hydrogens is 286 g/mol. The quantitative estimate of drug-likeness (QED) is 0.522. The zero-order valence-electron chi connectivity index (χ0n) is 11.7. The summed E-state index contributed by atoms with van der Waals surface area (Å²) in [5.41, 5.74) is 1.27. The van der Waals surface area contributed by atoms with E-state index in [1.165, 1.54) is 18.7 Å². The van der Waals surface area contributed by atoms with Crippen molar-refractivity contribution in [3.05, 3.63) is 48.3 Å². The molecule has 2 rings (SSSR count). The summed E-state index contributed by atoms with van der Waals surface area (Å²) in [4.78, 5) is 31.5. The molecule has 21 heavy (non-hydrogen) atoms. The number of benzene rings is 1. The van der Waals surface area contributed by atoms with Gasteiger partial charge in [-0.25, -0.2) is 9.97 Å². The minimum Gasteiger partial charge on any atom is -0.326 e. The zero-order valence-corrected chi connectivity index (χ0v) is 12.6. The lowest BCUT2D eigenvalue weighted by molar-refractivity contribution is -0.114. The Balaban J connectivity index is 2.03. The summed E-state index contributed by atoms with van der Waals surface area (Å²) in [7, 11) is 0. The van der Waals surface area contributed by atoms with Gasteiger partial charge in [0.2, 0.25) is 5.91 Å². The smallest absolute Gasteiger partial charge is 0.221 e. The van der Waals surface area contributed by atoms with Gasteiger partial charge in [0.05, 0.1) is 5.25 Å². The summed E-state index contributed by atoms with van der Waals surface area (Å²) in [5, 5.41) is 2.96. The van der Waals surface area contributed by atoms with E-state index < -0.39 is 0 Å². The fraction of sp³-hybridized carbons (Fsp3) is 0.200. The SMILES string of the molecule is CC(=O)Nc1ccc(C(=O)[C@@H](C)Sc2ncccn2)cc1. The number of hydrogen-bond acceptors (Lipinski definition) is 5. The molecule has 0 spiro atoms. The van der Waals surface area contributed by atoms with Crippen molar-refractivity contribution in [2.45, 2.75) is 24.3 Å². The molecule has 5 nitrogen and oxygen atoms in total. The number of carbonyl (C=O) groups excluding carboxylic acids is 2. The summed E-state index contributed by atoms with van der Waals surface area (Å²) in [6, 6.07) is 8.57. The van der Waals surface area contributed by atoms with Crippen LogP contribution in [0.4, 0.5) is 5.69 Å². The van der Waals surface area contributed by atoms with Gasteiger partial charge in [-0.1, -0.05) is 11.8 Å². The van der Waals surface area contributed by atoms with Crippen LogP contribution in [0.5, 0.6) is 0 Å². The monoisotopic (exact) mass is 301 g/mol. The van der Waals surface area contributed by atoms with Gasteiger partial charge in [0.1, 0.15) is 0 Å². The molecule has 1 aromatic heterocycles. The Morgan fingerprint density at radius 2 is 1.76 bits per heavy atom. The van der Waals surface area contributed by atoms with Gasteiger partial charge in [0, 0.05) is 30.6 Å². The van der Waals surface area contributed by atoms with Gasteiger partial charge < -0.3 is 5.32 Å². The topological polar surface area (TPSA) is 72.0 Å². The first-order valence-electron chi connectivity index (χ1n) is 6.42. The van der Waals surface area contributed by atoms with Crippen molar-refractivity contribution in [2.24, 2.45) is 0 Å². The number of Topliss-reactive ketones (excluding diaryl/α,β-unsaturated/α-hetero) is 1. The maximum Gasteiger partial charge on any atom is 0.221 e.